The highest BCUT2D eigenvalue weighted by molar-refractivity contribution is 5.96. The summed E-state index contributed by atoms with van der Waals surface area (Å²) in [5.74, 6) is -0.0826. The van der Waals surface area contributed by atoms with E-state index in [2.05, 4.69) is 10.6 Å². The van der Waals surface area contributed by atoms with Gasteiger partial charge in [-0.2, -0.15) is 0 Å². The van der Waals surface area contributed by atoms with E-state index in [0.29, 0.717) is 24.7 Å². The normalized spacial score (nSPS) is 16.1. The summed E-state index contributed by atoms with van der Waals surface area (Å²) in [7, 11) is 0. The van der Waals surface area contributed by atoms with Crippen molar-refractivity contribution in [1.82, 2.24) is 10.6 Å². The second kappa shape index (κ2) is 9.07. The van der Waals surface area contributed by atoms with Gasteiger partial charge in [-0.15, -0.1) is 0 Å². The number of amides is 3. The van der Waals surface area contributed by atoms with E-state index in [1.807, 2.05) is 0 Å². The maximum Gasteiger partial charge on any atom is 0.331 e. The van der Waals surface area contributed by atoms with Gasteiger partial charge in [0.05, 0.1) is 0 Å². The van der Waals surface area contributed by atoms with Gasteiger partial charge in [-0.05, 0) is 36.6 Å². The third-order valence-electron chi connectivity index (χ3n) is 4.27. The molecule has 3 rings (SSSR count). The lowest BCUT2D eigenvalue weighted by Gasteiger charge is -2.18. The highest BCUT2D eigenvalue weighted by Crippen LogP contribution is 2.31. The van der Waals surface area contributed by atoms with Crippen LogP contribution >= 0.6 is 0 Å². The van der Waals surface area contributed by atoms with E-state index < -0.39 is 24.5 Å². The number of rotatable bonds is 5. The van der Waals surface area contributed by atoms with Crippen LogP contribution in [0.5, 0.6) is 11.5 Å². The molecule has 8 heteroatoms. The largest absolute Gasteiger partial charge is 0.486 e. The molecule has 1 aromatic rings. The third-order valence-corrected chi connectivity index (χ3v) is 4.27. The molecule has 1 fully saturated rings. The Hall–Kier alpha value is -3.03. The van der Waals surface area contributed by atoms with Crippen LogP contribution in [-0.2, 0) is 14.3 Å². The molecule has 8 nitrogen and oxygen atoms in total. The molecule has 1 aliphatic heterocycles. The van der Waals surface area contributed by atoms with Gasteiger partial charge in [0.25, 0.3) is 5.91 Å². The van der Waals surface area contributed by atoms with Gasteiger partial charge in [0.15, 0.2) is 18.1 Å². The smallest absolute Gasteiger partial charge is 0.331 e. The molecule has 0 unspecified atom stereocenters. The SMILES string of the molecule is O=C(COC(=O)/C=C/c1ccc2c(c1)OCCO2)NC(=O)NC1CCCC1. The molecule has 0 bridgehead atoms. The Morgan fingerprint density at radius 2 is 1.85 bits per heavy atom. The molecule has 0 spiro atoms. The number of carbonyl (C=O) groups excluding carboxylic acids is 3. The molecule has 1 heterocycles. The molecule has 3 amide bonds. The van der Waals surface area contributed by atoms with E-state index in [1.54, 1.807) is 24.3 Å². The fourth-order valence-electron chi connectivity index (χ4n) is 2.97. The van der Waals surface area contributed by atoms with Crippen molar-refractivity contribution in [2.75, 3.05) is 19.8 Å². The van der Waals surface area contributed by atoms with Gasteiger partial charge in [-0.3, -0.25) is 10.1 Å². The standard InChI is InChI=1S/C19H22N2O6/c22-17(21-19(24)20-14-3-1-2-4-14)12-27-18(23)8-6-13-5-7-15-16(11-13)26-10-9-25-15/h5-8,11,14H,1-4,9-10,12H2,(H2,20,21,22,24)/b8-6+. The molecule has 1 aliphatic carbocycles. The Labute approximate surface area is 156 Å². The van der Waals surface area contributed by atoms with Crippen molar-refractivity contribution in [2.24, 2.45) is 0 Å². The molecule has 2 N–H and O–H groups in total. The van der Waals surface area contributed by atoms with Crippen molar-refractivity contribution in [3.8, 4) is 11.5 Å². The Bertz CT molecular complexity index is 740. The van der Waals surface area contributed by atoms with Crippen molar-refractivity contribution < 1.29 is 28.6 Å². The van der Waals surface area contributed by atoms with Crippen molar-refractivity contribution in [2.45, 2.75) is 31.7 Å². The minimum absolute atomic E-state index is 0.106. The summed E-state index contributed by atoms with van der Waals surface area (Å²) < 4.78 is 15.7. The number of hydrogen-bond donors (Lipinski definition) is 2. The van der Waals surface area contributed by atoms with Crippen LogP contribution in [0.25, 0.3) is 6.08 Å². The van der Waals surface area contributed by atoms with Crippen LogP contribution < -0.4 is 20.1 Å². The van der Waals surface area contributed by atoms with Gasteiger partial charge in [0, 0.05) is 12.1 Å². The maximum absolute atomic E-state index is 11.7. The lowest BCUT2D eigenvalue weighted by molar-refractivity contribution is -0.143. The first-order valence-electron chi connectivity index (χ1n) is 8.95. The molecule has 1 saturated carbocycles. The average molecular weight is 374 g/mol. The van der Waals surface area contributed by atoms with E-state index in [1.165, 1.54) is 6.08 Å². The first kappa shape index (κ1) is 18.8. The summed E-state index contributed by atoms with van der Waals surface area (Å²) in [5, 5.41) is 4.87. The summed E-state index contributed by atoms with van der Waals surface area (Å²) in [4.78, 5) is 35.1. The Morgan fingerprint density at radius 1 is 1.11 bits per heavy atom. The number of fused-ring (bicyclic) bond motifs is 1. The van der Waals surface area contributed by atoms with Crippen LogP contribution in [0.1, 0.15) is 31.2 Å². The molecule has 27 heavy (non-hydrogen) atoms. The lowest BCUT2D eigenvalue weighted by Crippen LogP contribution is -2.44. The van der Waals surface area contributed by atoms with Gasteiger partial charge >= 0.3 is 12.0 Å². The topological polar surface area (TPSA) is 103 Å². The van der Waals surface area contributed by atoms with Crippen LogP contribution in [0.3, 0.4) is 0 Å². The predicted molar refractivity (Wildman–Crippen MR) is 96.4 cm³/mol. The van der Waals surface area contributed by atoms with E-state index in [0.717, 1.165) is 31.2 Å². The van der Waals surface area contributed by atoms with Gasteiger partial charge in [0.2, 0.25) is 0 Å². The van der Waals surface area contributed by atoms with Gasteiger partial charge in [-0.25, -0.2) is 9.59 Å². The van der Waals surface area contributed by atoms with Crippen LogP contribution in [0, 0.1) is 0 Å². The molecule has 0 atom stereocenters. The van der Waals surface area contributed by atoms with Crippen molar-refractivity contribution in [1.29, 1.82) is 0 Å². The van der Waals surface area contributed by atoms with E-state index >= 15 is 0 Å². The molecule has 2 aliphatic rings. The van der Waals surface area contributed by atoms with Crippen molar-refractivity contribution in [3.05, 3.63) is 29.8 Å². The monoisotopic (exact) mass is 374 g/mol. The molecule has 0 aromatic heterocycles. The zero-order chi connectivity index (χ0) is 19.1. The molecular weight excluding hydrogens is 352 g/mol. The summed E-state index contributed by atoms with van der Waals surface area (Å²) in [6, 6.07) is 4.83. The van der Waals surface area contributed by atoms with E-state index in [9.17, 15) is 14.4 Å². The zero-order valence-corrected chi connectivity index (χ0v) is 14.9. The fourth-order valence-corrected chi connectivity index (χ4v) is 2.97. The number of benzene rings is 1. The number of nitrogens with one attached hydrogen (secondary N) is 2. The molecule has 0 radical (unpaired) electrons. The first-order valence-corrected chi connectivity index (χ1v) is 8.95. The van der Waals surface area contributed by atoms with Crippen molar-refractivity contribution in [3.63, 3.8) is 0 Å². The van der Waals surface area contributed by atoms with E-state index in [4.69, 9.17) is 14.2 Å². The molecule has 0 saturated heterocycles. The number of imide groups is 1. The number of urea groups is 1. The summed E-state index contributed by atoms with van der Waals surface area (Å²) >= 11 is 0. The predicted octanol–water partition coefficient (Wildman–Crippen LogP) is 1.78. The Kier molecular flexibility index (Phi) is 6.30. The lowest BCUT2D eigenvalue weighted by atomic mass is 10.2. The molecule has 144 valence electrons. The highest BCUT2D eigenvalue weighted by Gasteiger charge is 2.18. The Balaban J connectivity index is 1.40. The number of ether oxygens (including phenoxy) is 3. The number of carbonyl (C=O) groups is 3. The summed E-state index contributed by atoms with van der Waals surface area (Å²) in [6.07, 6.45) is 6.74. The maximum atomic E-state index is 11.7. The van der Waals surface area contributed by atoms with Gasteiger partial charge in [0.1, 0.15) is 13.2 Å². The molecular formula is C19H22N2O6. The van der Waals surface area contributed by atoms with E-state index in [-0.39, 0.29) is 6.04 Å². The number of hydrogen-bond acceptors (Lipinski definition) is 6. The molecule has 1 aromatic carbocycles. The minimum Gasteiger partial charge on any atom is -0.486 e. The first-order chi connectivity index (χ1) is 13.1. The summed E-state index contributed by atoms with van der Waals surface area (Å²) in [6.45, 7) is 0.462. The second-order valence-corrected chi connectivity index (χ2v) is 6.35. The van der Waals surface area contributed by atoms with Crippen LogP contribution in [0.4, 0.5) is 4.79 Å². The average Bonchev–Trinajstić information content (AvgIpc) is 3.17. The number of esters is 1. The van der Waals surface area contributed by atoms with Crippen LogP contribution in [-0.4, -0.2) is 43.8 Å². The fraction of sp³-hybridized carbons (Fsp3) is 0.421. The van der Waals surface area contributed by atoms with Crippen LogP contribution in [0.15, 0.2) is 24.3 Å². The summed E-state index contributed by atoms with van der Waals surface area (Å²) in [5.41, 5.74) is 0.733. The highest BCUT2D eigenvalue weighted by atomic mass is 16.6. The second-order valence-electron chi connectivity index (χ2n) is 6.35. The quantitative estimate of drug-likeness (QED) is 0.602. The van der Waals surface area contributed by atoms with Crippen LogP contribution in [0.2, 0.25) is 0 Å². The minimum atomic E-state index is -0.684. The van der Waals surface area contributed by atoms with Gasteiger partial charge in [-0.1, -0.05) is 18.9 Å². The van der Waals surface area contributed by atoms with Crippen molar-refractivity contribution >= 4 is 24.0 Å². The Morgan fingerprint density at radius 3 is 2.63 bits per heavy atom. The zero-order valence-electron chi connectivity index (χ0n) is 14.9. The van der Waals surface area contributed by atoms with Gasteiger partial charge < -0.3 is 19.5 Å². The third kappa shape index (κ3) is 5.73.